The fourth-order valence-electron chi connectivity index (χ4n) is 7.20. The van der Waals surface area contributed by atoms with Crippen molar-refractivity contribution in [1.82, 2.24) is 50.1 Å². The molecule has 11 aromatic rings. The Hall–Kier alpha value is -7.76. The second-order valence-electron chi connectivity index (χ2n) is 13.4. The van der Waals surface area contributed by atoms with E-state index in [1.165, 1.54) is 11.3 Å². The number of benzene rings is 4. The lowest BCUT2D eigenvalue weighted by atomic mass is 10.0. The lowest BCUT2D eigenvalue weighted by Crippen LogP contribution is -1.97. The van der Waals surface area contributed by atoms with Gasteiger partial charge < -0.3 is 0 Å². The van der Waals surface area contributed by atoms with Gasteiger partial charge in [-0.25, -0.2) is 19.9 Å². The van der Waals surface area contributed by atoms with Gasteiger partial charge in [-0.05, 0) is 36.4 Å². The van der Waals surface area contributed by atoms with Crippen LogP contribution in [-0.2, 0) is 0 Å². The summed E-state index contributed by atoms with van der Waals surface area (Å²) in [5.74, 6) is 1.10. The van der Waals surface area contributed by atoms with Crippen LogP contribution in [0, 0.1) is 0 Å². The molecule has 4 aromatic carbocycles. The molecule has 0 fully saturated rings. The largest absolute Gasteiger partial charge is 0.254 e. The number of aromatic nitrogens is 10. The van der Waals surface area contributed by atoms with Crippen molar-refractivity contribution in [3.63, 3.8) is 0 Å². The summed E-state index contributed by atoms with van der Waals surface area (Å²) < 4.78 is 0. The Bertz CT molecular complexity index is 3100. The Labute approximate surface area is 328 Å². The average Bonchev–Trinajstić information content (AvgIpc) is 3.80. The first-order valence-electron chi connectivity index (χ1n) is 18.2. The van der Waals surface area contributed by atoms with Gasteiger partial charge in [-0.3, -0.25) is 19.9 Å². The van der Waals surface area contributed by atoms with E-state index in [-0.39, 0.29) is 0 Å². The molecule has 7 heterocycles. The first kappa shape index (κ1) is 32.7. The van der Waals surface area contributed by atoms with Gasteiger partial charge in [-0.2, -0.15) is 0 Å². The molecule has 0 unspecified atom stereocenters. The van der Waals surface area contributed by atoms with Gasteiger partial charge in [0, 0.05) is 68.6 Å². The van der Waals surface area contributed by atoms with Gasteiger partial charge in [0.05, 0.1) is 33.5 Å². The van der Waals surface area contributed by atoms with Gasteiger partial charge in [0.2, 0.25) is 0 Å². The predicted molar refractivity (Wildman–Crippen MR) is 225 cm³/mol. The number of nitrogens with zero attached hydrogens (tertiary/aromatic N) is 10. The maximum absolute atomic E-state index is 5.13. The van der Waals surface area contributed by atoms with Crippen molar-refractivity contribution in [3.05, 3.63) is 158 Å². The fourth-order valence-corrected chi connectivity index (χ4v) is 7.96. The second-order valence-corrected chi connectivity index (χ2v) is 14.3. The zero-order valence-electron chi connectivity index (χ0n) is 29.9. The highest BCUT2D eigenvalue weighted by atomic mass is 32.1. The third-order valence-corrected chi connectivity index (χ3v) is 10.9. The Morgan fingerprint density at radius 1 is 0.351 bits per heavy atom. The van der Waals surface area contributed by atoms with Gasteiger partial charge >= 0.3 is 0 Å². The molecule has 11 rings (SSSR count). The molecule has 11 heteroatoms. The Morgan fingerprint density at radius 3 is 1.26 bits per heavy atom. The first-order valence-corrected chi connectivity index (χ1v) is 19.0. The highest BCUT2D eigenvalue weighted by Crippen LogP contribution is 2.37. The molecule has 10 nitrogen and oxygen atoms in total. The maximum atomic E-state index is 5.13. The molecule has 0 atom stereocenters. The van der Waals surface area contributed by atoms with Crippen molar-refractivity contribution in [2.45, 2.75) is 0 Å². The zero-order valence-corrected chi connectivity index (χ0v) is 30.7. The van der Waals surface area contributed by atoms with Crippen molar-refractivity contribution < 1.29 is 0 Å². The van der Waals surface area contributed by atoms with Crippen molar-refractivity contribution in [2.24, 2.45) is 0 Å². The Balaban J connectivity index is 1.07. The molecule has 266 valence electrons. The molecule has 0 bridgehead atoms. The van der Waals surface area contributed by atoms with Crippen LogP contribution in [0.15, 0.2) is 158 Å². The number of pyridine rings is 4. The van der Waals surface area contributed by atoms with Crippen LogP contribution in [0.3, 0.4) is 0 Å². The highest BCUT2D eigenvalue weighted by molar-refractivity contribution is 7.17. The first-order chi connectivity index (χ1) is 28.2. The SMILES string of the molecule is c1ccc(-c2cc(-c3nnc(-c4cc(-c5ccccc5)nc(-c5ccnc6c5ccc5cccnc56)n4)s3)nc(-c3ccnc4c3ccc3cccnc34)n2)cc1. The normalized spacial score (nSPS) is 11.5. The molecule has 7 aromatic heterocycles. The van der Waals surface area contributed by atoms with E-state index in [1.807, 2.05) is 109 Å². The van der Waals surface area contributed by atoms with E-state index in [4.69, 9.17) is 40.1 Å². The van der Waals surface area contributed by atoms with Crippen LogP contribution in [0.1, 0.15) is 0 Å². The summed E-state index contributed by atoms with van der Waals surface area (Å²) in [4.78, 5) is 39.2. The highest BCUT2D eigenvalue weighted by Gasteiger charge is 2.20. The summed E-state index contributed by atoms with van der Waals surface area (Å²) >= 11 is 1.42. The second kappa shape index (κ2) is 13.5. The van der Waals surface area contributed by atoms with E-state index >= 15 is 0 Å². The van der Waals surface area contributed by atoms with E-state index in [2.05, 4.69) is 34.2 Å². The van der Waals surface area contributed by atoms with Crippen molar-refractivity contribution >= 4 is 54.9 Å². The van der Waals surface area contributed by atoms with E-state index in [9.17, 15) is 0 Å². The van der Waals surface area contributed by atoms with Crippen molar-refractivity contribution in [3.8, 4) is 66.7 Å². The minimum atomic E-state index is 0.549. The molecule has 0 spiro atoms. The minimum Gasteiger partial charge on any atom is -0.254 e. The quantitative estimate of drug-likeness (QED) is 0.151. The van der Waals surface area contributed by atoms with Crippen LogP contribution in [0.25, 0.3) is 110 Å². The Morgan fingerprint density at radius 2 is 0.789 bits per heavy atom. The summed E-state index contributed by atoms with van der Waals surface area (Å²) in [7, 11) is 0. The standard InChI is InChI=1S/C46H26N10S/c1-3-9-27(10-4-1)35-25-37(53-43(51-35)33-19-23-49-41-31(33)17-15-29-13-7-21-47-39(29)41)45-55-56-46(57-45)38-26-36(28-11-5-2-6-12-28)52-44(54-38)34-20-24-50-42-32(34)18-16-30-14-8-22-48-40(30)42/h1-26H. The zero-order chi connectivity index (χ0) is 37.7. The molecule has 0 aliphatic heterocycles. The summed E-state index contributed by atoms with van der Waals surface area (Å²) in [5, 5.41) is 14.5. The molecule has 0 N–H and O–H groups in total. The van der Waals surface area contributed by atoms with Gasteiger partial charge in [0.25, 0.3) is 0 Å². The van der Waals surface area contributed by atoms with Gasteiger partial charge in [0.15, 0.2) is 21.7 Å². The molecule has 0 aliphatic carbocycles. The van der Waals surface area contributed by atoms with E-state index in [0.29, 0.717) is 33.1 Å². The van der Waals surface area contributed by atoms with Crippen molar-refractivity contribution in [1.29, 1.82) is 0 Å². The number of fused-ring (bicyclic) bond motifs is 6. The molecule has 57 heavy (non-hydrogen) atoms. The van der Waals surface area contributed by atoms with Gasteiger partial charge in [0.1, 0.15) is 11.4 Å². The molecule has 0 radical (unpaired) electrons. The molecule has 0 saturated heterocycles. The van der Waals surface area contributed by atoms with E-state index in [1.54, 1.807) is 24.8 Å². The molecule has 0 amide bonds. The molecule has 0 saturated carbocycles. The third kappa shape index (κ3) is 5.81. The topological polar surface area (TPSA) is 129 Å². The van der Waals surface area contributed by atoms with Crippen LogP contribution >= 0.6 is 11.3 Å². The van der Waals surface area contributed by atoms with Gasteiger partial charge in [-0.15, -0.1) is 10.2 Å². The summed E-state index contributed by atoms with van der Waals surface area (Å²) in [6.45, 7) is 0. The van der Waals surface area contributed by atoms with Crippen LogP contribution in [0.2, 0.25) is 0 Å². The lowest BCUT2D eigenvalue weighted by Gasteiger charge is -2.10. The average molecular weight is 751 g/mol. The predicted octanol–water partition coefficient (Wildman–Crippen LogP) is 10.3. The van der Waals surface area contributed by atoms with Gasteiger partial charge in [-0.1, -0.05) is 108 Å². The molecular weight excluding hydrogens is 725 g/mol. The van der Waals surface area contributed by atoms with Crippen LogP contribution < -0.4 is 0 Å². The van der Waals surface area contributed by atoms with Crippen LogP contribution in [0.4, 0.5) is 0 Å². The maximum Gasteiger partial charge on any atom is 0.166 e. The molecule has 0 aliphatic rings. The number of hydrogen-bond donors (Lipinski definition) is 0. The Kier molecular flexibility index (Phi) is 7.74. The monoisotopic (exact) mass is 750 g/mol. The number of hydrogen-bond acceptors (Lipinski definition) is 11. The van der Waals surface area contributed by atoms with Crippen molar-refractivity contribution in [2.75, 3.05) is 0 Å². The van der Waals surface area contributed by atoms with Crippen LogP contribution in [-0.4, -0.2) is 50.1 Å². The van der Waals surface area contributed by atoms with Crippen LogP contribution in [0.5, 0.6) is 0 Å². The molecular formula is C46H26N10S. The minimum absolute atomic E-state index is 0.549. The van der Waals surface area contributed by atoms with E-state index in [0.717, 1.165) is 77.3 Å². The lowest BCUT2D eigenvalue weighted by molar-refractivity contribution is 1.07. The number of rotatable bonds is 6. The summed E-state index contributed by atoms with van der Waals surface area (Å²) in [5.41, 5.74) is 9.65. The van der Waals surface area contributed by atoms with E-state index < -0.39 is 0 Å². The third-order valence-electron chi connectivity index (χ3n) is 9.90. The smallest absolute Gasteiger partial charge is 0.166 e. The fraction of sp³-hybridized carbons (Fsp3) is 0. The summed E-state index contributed by atoms with van der Waals surface area (Å²) in [6, 6.07) is 44.1. The summed E-state index contributed by atoms with van der Waals surface area (Å²) in [6.07, 6.45) is 7.15.